The average molecular weight is 345 g/mol. The van der Waals surface area contributed by atoms with Crippen LogP contribution in [0.15, 0.2) is 30.6 Å². The van der Waals surface area contributed by atoms with Crippen molar-refractivity contribution in [2.75, 3.05) is 27.3 Å². The van der Waals surface area contributed by atoms with Crippen molar-refractivity contribution in [2.24, 2.45) is 0 Å². The summed E-state index contributed by atoms with van der Waals surface area (Å²) in [6, 6.07) is 7.65. The van der Waals surface area contributed by atoms with Gasteiger partial charge in [0.1, 0.15) is 17.9 Å². The van der Waals surface area contributed by atoms with E-state index in [1.165, 1.54) is 6.33 Å². The smallest absolute Gasteiger partial charge is 0.234 e. The Kier molecular flexibility index (Phi) is 5.62. The van der Waals surface area contributed by atoms with Crippen LogP contribution in [0.4, 0.5) is 0 Å². The van der Waals surface area contributed by atoms with Gasteiger partial charge in [-0.1, -0.05) is 18.2 Å². The molecule has 1 aliphatic heterocycles. The quantitative estimate of drug-likeness (QED) is 0.774. The second-order valence-electron chi connectivity index (χ2n) is 6.00. The number of H-pyrrole nitrogens is 1. The van der Waals surface area contributed by atoms with Gasteiger partial charge in [0.25, 0.3) is 0 Å². The van der Waals surface area contributed by atoms with Crippen LogP contribution in [-0.4, -0.2) is 59.4 Å². The molecular weight excluding hydrogens is 322 g/mol. The second kappa shape index (κ2) is 8.09. The molecule has 1 aromatic heterocycles. The van der Waals surface area contributed by atoms with Gasteiger partial charge in [0.2, 0.25) is 5.91 Å². The Morgan fingerprint density at radius 2 is 2.24 bits per heavy atom. The van der Waals surface area contributed by atoms with Gasteiger partial charge in [-0.25, -0.2) is 4.98 Å². The standard InChI is InChI=1S/C17H23N5O3/c1-24-13-7-14(17-19-11-20-21-17)22(9-13)10-16(23)18-8-12-5-3-4-6-15(12)25-2/h3-6,11,13-14H,7-10H2,1-2H3,(H,18,23)(H,19,20,21)/t13-,14+/m1/s1. The first-order valence-electron chi connectivity index (χ1n) is 8.22. The molecule has 0 radical (unpaired) electrons. The Morgan fingerprint density at radius 3 is 2.96 bits per heavy atom. The van der Waals surface area contributed by atoms with Gasteiger partial charge in [0.15, 0.2) is 0 Å². The minimum atomic E-state index is -0.0489. The number of carbonyl (C=O) groups is 1. The first-order valence-corrected chi connectivity index (χ1v) is 8.22. The molecule has 2 heterocycles. The van der Waals surface area contributed by atoms with Crippen LogP contribution in [-0.2, 0) is 16.1 Å². The van der Waals surface area contributed by atoms with E-state index in [0.717, 1.165) is 23.6 Å². The van der Waals surface area contributed by atoms with E-state index in [1.54, 1.807) is 14.2 Å². The molecule has 3 rings (SSSR count). The summed E-state index contributed by atoms with van der Waals surface area (Å²) in [5.41, 5.74) is 0.946. The zero-order valence-electron chi connectivity index (χ0n) is 14.4. The number of carbonyl (C=O) groups excluding carboxylic acids is 1. The summed E-state index contributed by atoms with van der Waals surface area (Å²) in [4.78, 5) is 18.7. The largest absolute Gasteiger partial charge is 0.496 e. The number of benzene rings is 1. The number of aromatic amines is 1. The number of rotatable bonds is 7. The molecule has 0 unspecified atom stereocenters. The third-order valence-electron chi connectivity index (χ3n) is 4.46. The van der Waals surface area contributed by atoms with E-state index in [-0.39, 0.29) is 24.6 Å². The SMILES string of the molecule is COc1ccccc1CNC(=O)CN1C[C@H](OC)C[C@H]1c1ncn[nH]1. The Labute approximate surface area is 146 Å². The Morgan fingerprint density at radius 1 is 1.40 bits per heavy atom. The van der Waals surface area contributed by atoms with E-state index in [2.05, 4.69) is 25.4 Å². The highest BCUT2D eigenvalue weighted by Gasteiger charge is 2.35. The molecule has 25 heavy (non-hydrogen) atoms. The summed E-state index contributed by atoms with van der Waals surface area (Å²) in [7, 11) is 3.31. The number of nitrogens with zero attached hydrogens (tertiary/aromatic N) is 3. The molecule has 1 fully saturated rings. The second-order valence-corrected chi connectivity index (χ2v) is 6.00. The number of hydrogen-bond donors (Lipinski definition) is 2. The van der Waals surface area contributed by atoms with Crippen LogP contribution >= 0.6 is 0 Å². The highest BCUT2D eigenvalue weighted by Crippen LogP contribution is 2.30. The van der Waals surface area contributed by atoms with E-state index in [9.17, 15) is 4.79 Å². The van der Waals surface area contributed by atoms with Gasteiger partial charge >= 0.3 is 0 Å². The van der Waals surface area contributed by atoms with Crippen molar-refractivity contribution in [1.29, 1.82) is 0 Å². The number of hydrogen-bond acceptors (Lipinski definition) is 6. The van der Waals surface area contributed by atoms with Crippen LogP contribution in [0.25, 0.3) is 0 Å². The molecule has 0 bridgehead atoms. The first-order chi connectivity index (χ1) is 12.2. The van der Waals surface area contributed by atoms with E-state index >= 15 is 0 Å². The molecule has 0 saturated carbocycles. The van der Waals surface area contributed by atoms with Gasteiger partial charge in [0.05, 0.1) is 25.8 Å². The van der Waals surface area contributed by atoms with E-state index < -0.39 is 0 Å². The molecule has 0 spiro atoms. The molecule has 2 atom stereocenters. The predicted molar refractivity (Wildman–Crippen MR) is 91.0 cm³/mol. The van der Waals surface area contributed by atoms with Crippen LogP contribution in [0, 0.1) is 0 Å². The lowest BCUT2D eigenvalue weighted by Gasteiger charge is -2.21. The number of nitrogens with one attached hydrogen (secondary N) is 2. The molecular formula is C17H23N5O3. The maximum Gasteiger partial charge on any atom is 0.234 e. The number of likely N-dealkylation sites (tertiary alicyclic amines) is 1. The molecule has 0 aliphatic carbocycles. The summed E-state index contributed by atoms with van der Waals surface area (Å²) in [5.74, 6) is 1.48. The Bertz CT molecular complexity index is 691. The molecule has 8 heteroatoms. The van der Waals surface area contributed by atoms with Crippen molar-refractivity contribution < 1.29 is 14.3 Å². The number of ether oxygens (including phenoxy) is 2. The Balaban J connectivity index is 1.59. The summed E-state index contributed by atoms with van der Waals surface area (Å²) < 4.78 is 10.8. The third kappa shape index (κ3) is 4.15. The van der Waals surface area contributed by atoms with Crippen molar-refractivity contribution >= 4 is 5.91 Å². The van der Waals surface area contributed by atoms with Crippen LogP contribution in [0.5, 0.6) is 5.75 Å². The Hall–Kier alpha value is -2.45. The first kappa shape index (κ1) is 17.4. The average Bonchev–Trinajstić information content (AvgIpc) is 3.29. The minimum absolute atomic E-state index is 0.00413. The van der Waals surface area contributed by atoms with Crippen molar-refractivity contribution in [3.63, 3.8) is 0 Å². The van der Waals surface area contributed by atoms with Gasteiger partial charge < -0.3 is 14.8 Å². The topological polar surface area (TPSA) is 92.4 Å². The molecule has 2 N–H and O–H groups in total. The van der Waals surface area contributed by atoms with Crippen molar-refractivity contribution in [1.82, 2.24) is 25.4 Å². The van der Waals surface area contributed by atoms with Gasteiger partial charge in [0, 0.05) is 25.8 Å². The normalized spacial score (nSPS) is 20.6. The van der Waals surface area contributed by atoms with Crippen LogP contribution in [0.2, 0.25) is 0 Å². The molecule has 134 valence electrons. The maximum atomic E-state index is 12.4. The fraction of sp³-hybridized carbons (Fsp3) is 0.471. The molecule has 1 aromatic carbocycles. The zero-order chi connectivity index (χ0) is 17.6. The van der Waals surface area contributed by atoms with E-state index in [0.29, 0.717) is 13.1 Å². The van der Waals surface area contributed by atoms with Crippen LogP contribution in [0.3, 0.4) is 0 Å². The molecule has 1 saturated heterocycles. The van der Waals surface area contributed by atoms with Crippen LogP contribution in [0.1, 0.15) is 23.9 Å². The highest BCUT2D eigenvalue weighted by molar-refractivity contribution is 5.78. The van der Waals surface area contributed by atoms with Crippen molar-refractivity contribution in [3.05, 3.63) is 42.0 Å². The molecule has 1 aliphatic rings. The lowest BCUT2D eigenvalue weighted by molar-refractivity contribution is -0.122. The van der Waals surface area contributed by atoms with E-state index in [4.69, 9.17) is 9.47 Å². The monoisotopic (exact) mass is 345 g/mol. The number of amides is 1. The summed E-state index contributed by atoms with van der Waals surface area (Å²) >= 11 is 0. The van der Waals surface area contributed by atoms with Gasteiger partial charge in [-0.2, -0.15) is 5.10 Å². The number of methoxy groups -OCH3 is 2. The summed E-state index contributed by atoms with van der Waals surface area (Å²) in [6.07, 6.45) is 2.35. The third-order valence-corrected chi connectivity index (χ3v) is 4.46. The minimum Gasteiger partial charge on any atom is -0.496 e. The summed E-state index contributed by atoms with van der Waals surface area (Å²) in [6.45, 7) is 1.39. The van der Waals surface area contributed by atoms with Gasteiger partial charge in [-0.05, 0) is 12.5 Å². The highest BCUT2D eigenvalue weighted by atomic mass is 16.5. The number of aromatic nitrogens is 3. The van der Waals surface area contributed by atoms with E-state index in [1.807, 2.05) is 24.3 Å². The lowest BCUT2D eigenvalue weighted by atomic mass is 10.2. The predicted octanol–water partition coefficient (Wildman–Crippen LogP) is 0.891. The molecule has 2 aromatic rings. The maximum absolute atomic E-state index is 12.4. The lowest BCUT2D eigenvalue weighted by Crippen LogP contribution is -2.37. The van der Waals surface area contributed by atoms with Crippen molar-refractivity contribution in [2.45, 2.75) is 25.1 Å². The van der Waals surface area contributed by atoms with Gasteiger partial charge in [-0.3, -0.25) is 14.8 Å². The molecule has 1 amide bonds. The van der Waals surface area contributed by atoms with Crippen LogP contribution < -0.4 is 10.1 Å². The fourth-order valence-electron chi connectivity index (χ4n) is 3.15. The van der Waals surface area contributed by atoms with Gasteiger partial charge in [-0.15, -0.1) is 0 Å². The zero-order valence-corrected chi connectivity index (χ0v) is 14.4. The fourth-order valence-corrected chi connectivity index (χ4v) is 3.15. The molecule has 8 nitrogen and oxygen atoms in total. The van der Waals surface area contributed by atoms with Crippen molar-refractivity contribution in [3.8, 4) is 5.75 Å². The number of para-hydroxylation sites is 1. The summed E-state index contributed by atoms with van der Waals surface area (Å²) in [5, 5.41) is 9.75.